The van der Waals surface area contributed by atoms with Crippen molar-refractivity contribution in [3.8, 4) is 23.5 Å². The zero-order valence-electron chi connectivity index (χ0n) is 15.0. The summed E-state index contributed by atoms with van der Waals surface area (Å²) in [5, 5.41) is 4.19. The molecular weight excluding hydrogens is 372 g/mol. The van der Waals surface area contributed by atoms with E-state index >= 15 is 0 Å². The molecule has 0 saturated carbocycles. The number of fused-ring (bicyclic) bond motifs is 1. The van der Waals surface area contributed by atoms with Gasteiger partial charge in [0.2, 0.25) is 5.95 Å². The van der Waals surface area contributed by atoms with Crippen molar-refractivity contribution in [1.29, 1.82) is 0 Å². The molecule has 0 amide bonds. The third kappa shape index (κ3) is 3.00. The van der Waals surface area contributed by atoms with Gasteiger partial charge in [0.1, 0.15) is 5.65 Å². The van der Waals surface area contributed by atoms with Crippen molar-refractivity contribution in [2.24, 2.45) is 7.05 Å². The molecule has 0 spiro atoms. The highest BCUT2D eigenvalue weighted by molar-refractivity contribution is 6.33. The number of anilines is 2. The van der Waals surface area contributed by atoms with Crippen molar-refractivity contribution in [2.75, 3.05) is 5.32 Å². The van der Waals surface area contributed by atoms with Crippen LogP contribution in [-0.2, 0) is 7.05 Å². The molecule has 0 aliphatic carbocycles. The molecule has 0 saturated heterocycles. The molecule has 4 rings (SSSR count). The maximum absolute atomic E-state index is 13.1. The Labute approximate surface area is 166 Å². The lowest BCUT2D eigenvalue weighted by atomic mass is 9.99. The van der Waals surface area contributed by atoms with Gasteiger partial charge in [-0.15, -0.1) is 6.42 Å². The second-order valence-corrected chi connectivity index (χ2v) is 6.57. The fourth-order valence-electron chi connectivity index (χ4n) is 3.08. The number of nitrogens with one attached hydrogen (secondary N) is 1. The number of halogens is 1. The number of nitrogens with zero attached hydrogens (tertiary/aromatic N) is 3. The van der Waals surface area contributed by atoms with Gasteiger partial charge in [0, 0.05) is 29.5 Å². The first-order valence-electron chi connectivity index (χ1n) is 8.53. The molecule has 6 heteroatoms. The van der Waals surface area contributed by atoms with E-state index in [1.165, 1.54) is 4.57 Å². The van der Waals surface area contributed by atoms with Crippen molar-refractivity contribution >= 4 is 34.3 Å². The Morgan fingerprint density at radius 2 is 1.82 bits per heavy atom. The van der Waals surface area contributed by atoms with Gasteiger partial charge in [0.05, 0.1) is 16.5 Å². The van der Waals surface area contributed by atoms with Crippen LogP contribution in [0.3, 0.4) is 0 Å². The predicted molar refractivity (Wildman–Crippen MR) is 113 cm³/mol. The van der Waals surface area contributed by atoms with Crippen molar-refractivity contribution in [3.05, 3.63) is 81.7 Å². The lowest BCUT2D eigenvalue weighted by Crippen LogP contribution is -2.22. The highest BCUT2D eigenvalue weighted by Crippen LogP contribution is 2.31. The van der Waals surface area contributed by atoms with E-state index in [2.05, 4.69) is 21.2 Å². The number of pyridine rings is 1. The zero-order valence-corrected chi connectivity index (χ0v) is 15.7. The first-order chi connectivity index (χ1) is 13.6. The fraction of sp³-hybridized carbons (Fsp3) is 0.0455. The van der Waals surface area contributed by atoms with Crippen LogP contribution >= 0.6 is 11.6 Å². The van der Waals surface area contributed by atoms with Crippen LogP contribution in [0.15, 0.2) is 65.6 Å². The van der Waals surface area contributed by atoms with Crippen molar-refractivity contribution < 1.29 is 0 Å². The van der Waals surface area contributed by atoms with Crippen LogP contribution in [0.25, 0.3) is 22.2 Å². The Kier molecular flexibility index (Phi) is 4.56. The van der Waals surface area contributed by atoms with Gasteiger partial charge in [0.15, 0.2) is 0 Å². The molecule has 2 aromatic carbocycles. The Balaban J connectivity index is 1.95. The van der Waals surface area contributed by atoms with Crippen LogP contribution in [-0.4, -0.2) is 14.5 Å². The number of benzene rings is 2. The van der Waals surface area contributed by atoms with Gasteiger partial charge in [-0.25, -0.2) is 4.98 Å². The average Bonchev–Trinajstić information content (AvgIpc) is 2.72. The molecule has 0 atom stereocenters. The number of aromatic nitrogens is 3. The topological polar surface area (TPSA) is 59.8 Å². The molecule has 0 aliphatic heterocycles. The number of hydrogen-bond acceptors (Lipinski definition) is 4. The molecule has 0 bridgehead atoms. The molecule has 28 heavy (non-hydrogen) atoms. The average molecular weight is 387 g/mol. The predicted octanol–water partition coefficient (Wildman–Crippen LogP) is 4.37. The van der Waals surface area contributed by atoms with Crippen LogP contribution in [0, 0.1) is 12.3 Å². The minimum absolute atomic E-state index is 0.266. The Bertz CT molecular complexity index is 1290. The quantitative estimate of drug-likeness (QED) is 0.531. The minimum Gasteiger partial charge on any atom is -0.324 e. The highest BCUT2D eigenvalue weighted by Gasteiger charge is 2.19. The molecule has 1 N–H and O–H groups in total. The third-order valence-corrected chi connectivity index (χ3v) is 4.77. The van der Waals surface area contributed by atoms with Crippen molar-refractivity contribution in [1.82, 2.24) is 14.5 Å². The van der Waals surface area contributed by atoms with Gasteiger partial charge in [-0.1, -0.05) is 53.9 Å². The number of rotatable bonds is 3. The summed E-state index contributed by atoms with van der Waals surface area (Å²) in [6.45, 7) is 0. The number of hydrogen-bond donors (Lipinski definition) is 1. The normalized spacial score (nSPS) is 10.6. The number of terminal acetylenes is 1. The van der Waals surface area contributed by atoms with E-state index < -0.39 is 0 Å². The molecule has 2 aromatic heterocycles. The van der Waals surface area contributed by atoms with Gasteiger partial charge >= 0.3 is 0 Å². The molecule has 5 nitrogen and oxygen atoms in total. The Hall–Kier alpha value is -3.62. The van der Waals surface area contributed by atoms with Crippen LogP contribution in [0.1, 0.15) is 5.56 Å². The zero-order chi connectivity index (χ0) is 19.7. The van der Waals surface area contributed by atoms with Crippen LogP contribution in [0.4, 0.5) is 11.6 Å². The van der Waals surface area contributed by atoms with Gasteiger partial charge in [-0.05, 0) is 18.2 Å². The van der Waals surface area contributed by atoms with Gasteiger partial charge < -0.3 is 5.32 Å². The largest absolute Gasteiger partial charge is 0.324 e. The maximum Gasteiger partial charge on any atom is 0.261 e. The second kappa shape index (κ2) is 7.18. The lowest BCUT2D eigenvalue weighted by molar-refractivity contribution is 0.886. The molecular formula is C22H15ClN4O. The van der Waals surface area contributed by atoms with E-state index in [1.807, 2.05) is 36.4 Å². The van der Waals surface area contributed by atoms with Gasteiger partial charge in [-0.3, -0.25) is 9.36 Å². The van der Waals surface area contributed by atoms with Crippen molar-refractivity contribution in [3.63, 3.8) is 0 Å². The first-order valence-corrected chi connectivity index (χ1v) is 8.91. The SMILES string of the molecule is C#Cc1c(-c2ccccc2Cl)c(=O)n(C)c2nc(Nc3ccccc3)ncc12. The second-order valence-electron chi connectivity index (χ2n) is 6.16. The van der Waals surface area contributed by atoms with E-state index in [0.29, 0.717) is 38.7 Å². The standard InChI is InChI=1S/C22H15ClN4O/c1-3-15-17-13-24-22(25-14-9-5-4-6-10-14)26-20(17)27(2)21(28)19(15)16-11-7-8-12-18(16)23/h1,4-13H,2H3,(H,24,25,26). The molecule has 0 radical (unpaired) electrons. The van der Waals surface area contributed by atoms with Crippen LogP contribution in [0.5, 0.6) is 0 Å². The molecule has 0 aliphatic rings. The monoisotopic (exact) mass is 386 g/mol. The summed E-state index contributed by atoms with van der Waals surface area (Å²) in [4.78, 5) is 22.0. The summed E-state index contributed by atoms with van der Waals surface area (Å²) in [5.74, 6) is 3.01. The summed E-state index contributed by atoms with van der Waals surface area (Å²) in [7, 11) is 1.66. The van der Waals surface area contributed by atoms with Gasteiger partial charge in [0.25, 0.3) is 5.56 Å². The highest BCUT2D eigenvalue weighted by atomic mass is 35.5. The molecule has 136 valence electrons. The van der Waals surface area contributed by atoms with E-state index in [-0.39, 0.29) is 5.56 Å². The molecule has 4 aromatic rings. The smallest absolute Gasteiger partial charge is 0.261 e. The van der Waals surface area contributed by atoms with Crippen LogP contribution < -0.4 is 10.9 Å². The lowest BCUT2D eigenvalue weighted by Gasteiger charge is -2.13. The molecule has 0 unspecified atom stereocenters. The molecule has 2 heterocycles. The maximum atomic E-state index is 13.1. The van der Waals surface area contributed by atoms with Crippen molar-refractivity contribution in [2.45, 2.75) is 0 Å². The van der Waals surface area contributed by atoms with Gasteiger partial charge in [-0.2, -0.15) is 4.98 Å². The minimum atomic E-state index is -0.266. The summed E-state index contributed by atoms with van der Waals surface area (Å²) in [5.41, 5.74) is 2.41. The Morgan fingerprint density at radius 1 is 1.11 bits per heavy atom. The first kappa shape index (κ1) is 17.8. The number of aryl methyl sites for hydroxylation is 1. The van der Waals surface area contributed by atoms with Crippen LogP contribution in [0.2, 0.25) is 5.02 Å². The summed E-state index contributed by atoms with van der Waals surface area (Å²) in [6.07, 6.45) is 7.40. The van der Waals surface area contributed by atoms with E-state index in [0.717, 1.165) is 5.69 Å². The van der Waals surface area contributed by atoms with E-state index in [9.17, 15) is 4.79 Å². The summed E-state index contributed by atoms with van der Waals surface area (Å²) >= 11 is 6.32. The third-order valence-electron chi connectivity index (χ3n) is 4.44. The molecule has 0 fully saturated rings. The summed E-state index contributed by atoms with van der Waals surface area (Å²) < 4.78 is 1.46. The Morgan fingerprint density at radius 3 is 2.54 bits per heavy atom. The fourth-order valence-corrected chi connectivity index (χ4v) is 3.32. The number of para-hydroxylation sites is 1. The summed E-state index contributed by atoms with van der Waals surface area (Å²) in [6, 6.07) is 16.7. The van der Waals surface area contributed by atoms with E-state index in [4.69, 9.17) is 18.0 Å². The van der Waals surface area contributed by atoms with E-state index in [1.54, 1.807) is 31.4 Å².